The van der Waals surface area contributed by atoms with Crippen molar-refractivity contribution in [1.82, 2.24) is 10.2 Å². The fraction of sp³-hybridized carbons (Fsp3) is 0.667. The van der Waals surface area contributed by atoms with Crippen LogP contribution in [0.15, 0.2) is 0 Å². The number of nitrogens with one attached hydrogen (secondary N) is 2. The minimum atomic E-state index is -0.0341. The highest BCUT2D eigenvalue weighted by Crippen LogP contribution is 2.38. The normalized spacial score (nSPS) is 17.4. The van der Waals surface area contributed by atoms with Gasteiger partial charge in [0.05, 0.1) is 5.56 Å². The van der Waals surface area contributed by atoms with Gasteiger partial charge in [0, 0.05) is 30.3 Å². The van der Waals surface area contributed by atoms with Crippen LogP contribution in [0.25, 0.3) is 0 Å². The molecule has 0 bridgehead atoms. The van der Waals surface area contributed by atoms with E-state index in [-0.39, 0.29) is 17.7 Å². The standard InChI is InChI=1S/C21H30N4O2S/c1-14(2)13-23-20(27)15-6-9-25(10-7-15)11-8-19(26)24-21-17(12-22)16-4-3-5-18(16)28-21/h14-15H,3-11,13H2,1-2H3,(H,23,27)(H,24,26). The number of nitrogens with zero attached hydrogens (tertiary/aromatic N) is 2. The molecule has 2 amide bonds. The van der Waals surface area contributed by atoms with E-state index in [9.17, 15) is 14.9 Å². The fourth-order valence-corrected chi connectivity index (χ4v) is 5.18. The zero-order valence-electron chi connectivity index (χ0n) is 16.8. The second kappa shape index (κ2) is 9.53. The van der Waals surface area contributed by atoms with Gasteiger partial charge in [-0.15, -0.1) is 11.3 Å². The third-order valence-electron chi connectivity index (χ3n) is 5.58. The van der Waals surface area contributed by atoms with Crippen molar-refractivity contribution in [2.75, 3.05) is 31.5 Å². The van der Waals surface area contributed by atoms with Crippen molar-refractivity contribution in [1.29, 1.82) is 5.26 Å². The zero-order valence-corrected chi connectivity index (χ0v) is 17.7. The van der Waals surface area contributed by atoms with Gasteiger partial charge in [-0.1, -0.05) is 13.8 Å². The number of anilines is 1. The maximum Gasteiger partial charge on any atom is 0.226 e. The molecule has 6 nitrogen and oxygen atoms in total. The number of thiophene rings is 1. The van der Waals surface area contributed by atoms with E-state index in [0.29, 0.717) is 24.4 Å². The molecule has 3 rings (SSSR count). The molecule has 7 heteroatoms. The molecule has 0 atom stereocenters. The number of nitriles is 1. The Morgan fingerprint density at radius 3 is 2.71 bits per heavy atom. The summed E-state index contributed by atoms with van der Waals surface area (Å²) in [6.45, 7) is 7.32. The molecule has 2 N–H and O–H groups in total. The van der Waals surface area contributed by atoms with E-state index >= 15 is 0 Å². The Morgan fingerprint density at radius 1 is 1.29 bits per heavy atom. The molecule has 1 aliphatic heterocycles. The Bertz CT molecular complexity index is 757. The van der Waals surface area contributed by atoms with Crippen LogP contribution in [0, 0.1) is 23.2 Å². The number of fused-ring (bicyclic) bond motifs is 1. The number of likely N-dealkylation sites (tertiary alicyclic amines) is 1. The van der Waals surface area contributed by atoms with Crippen LogP contribution in [0.1, 0.15) is 55.5 Å². The Hall–Kier alpha value is -1.91. The lowest BCUT2D eigenvalue weighted by Gasteiger charge is -2.31. The van der Waals surface area contributed by atoms with E-state index in [1.807, 2.05) is 0 Å². The summed E-state index contributed by atoms with van der Waals surface area (Å²) in [6, 6.07) is 2.27. The lowest BCUT2D eigenvalue weighted by atomic mass is 9.95. The number of aryl methyl sites for hydroxylation is 1. The summed E-state index contributed by atoms with van der Waals surface area (Å²) in [5, 5.41) is 16.1. The minimum Gasteiger partial charge on any atom is -0.356 e. The number of piperidine rings is 1. The van der Waals surface area contributed by atoms with Gasteiger partial charge in [-0.2, -0.15) is 5.26 Å². The smallest absolute Gasteiger partial charge is 0.226 e. The summed E-state index contributed by atoms with van der Waals surface area (Å²) < 4.78 is 0. The van der Waals surface area contributed by atoms with Gasteiger partial charge in [0.2, 0.25) is 11.8 Å². The molecule has 0 radical (unpaired) electrons. The highest BCUT2D eigenvalue weighted by Gasteiger charge is 2.26. The molecule has 0 aromatic carbocycles. The van der Waals surface area contributed by atoms with Crippen LogP contribution >= 0.6 is 11.3 Å². The molecule has 1 saturated heterocycles. The number of hydrogen-bond donors (Lipinski definition) is 2. The molecular formula is C21H30N4O2S. The lowest BCUT2D eigenvalue weighted by molar-refractivity contribution is -0.126. The van der Waals surface area contributed by atoms with E-state index in [2.05, 4.69) is 35.5 Å². The van der Waals surface area contributed by atoms with E-state index < -0.39 is 0 Å². The first kappa shape index (κ1) is 20.8. The summed E-state index contributed by atoms with van der Waals surface area (Å²) in [5.41, 5.74) is 1.81. The van der Waals surface area contributed by atoms with Crippen molar-refractivity contribution in [2.24, 2.45) is 11.8 Å². The topological polar surface area (TPSA) is 85.2 Å². The summed E-state index contributed by atoms with van der Waals surface area (Å²) in [7, 11) is 0. The van der Waals surface area contributed by atoms with Crippen LogP contribution in [0.2, 0.25) is 0 Å². The van der Waals surface area contributed by atoms with Crippen LogP contribution in [-0.4, -0.2) is 42.9 Å². The van der Waals surface area contributed by atoms with Crippen molar-refractivity contribution >= 4 is 28.2 Å². The van der Waals surface area contributed by atoms with Gasteiger partial charge in [-0.05, 0) is 56.7 Å². The van der Waals surface area contributed by atoms with Crippen LogP contribution < -0.4 is 10.6 Å². The van der Waals surface area contributed by atoms with E-state index in [0.717, 1.165) is 62.3 Å². The quantitative estimate of drug-likeness (QED) is 0.734. The molecule has 2 aliphatic rings. The van der Waals surface area contributed by atoms with Crippen molar-refractivity contribution < 1.29 is 9.59 Å². The summed E-state index contributed by atoms with van der Waals surface area (Å²) in [6.07, 6.45) is 5.19. The van der Waals surface area contributed by atoms with Crippen LogP contribution in [0.5, 0.6) is 0 Å². The molecule has 152 valence electrons. The zero-order chi connectivity index (χ0) is 20.1. The SMILES string of the molecule is CC(C)CNC(=O)C1CCN(CCC(=O)Nc2sc3c(c2C#N)CCC3)CC1. The summed E-state index contributed by atoms with van der Waals surface area (Å²) in [4.78, 5) is 28.1. The average Bonchev–Trinajstić information content (AvgIpc) is 3.25. The highest BCUT2D eigenvalue weighted by atomic mass is 32.1. The van der Waals surface area contributed by atoms with Gasteiger partial charge in [-0.3, -0.25) is 9.59 Å². The first-order chi connectivity index (χ1) is 13.5. The Kier molecular flexibility index (Phi) is 7.08. The largest absolute Gasteiger partial charge is 0.356 e. The van der Waals surface area contributed by atoms with Crippen molar-refractivity contribution in [3.05, 3.63) is 16.0 Å². The first-order valence-corrected chi connectivity index (χ1v) is 11.1. The Labute approximate surface area is 171 Å². The fourth-order valence-electron chi connectivity index (χ4n) is 3.93. The second-order valence-corrected chi connectivity index (χ2v) is 9.33. The molecule has 28 heavy (non-hydrogen) atoms. The van der Waals surface area contributed by atoms with Crippen molar-refractivity contribution in [2.45, 2.75) is 52.4 Å². The van der Waals surface area contributed by atoms with E-state index in [4.69, 9.17) is 0 Å². The Morgan fingerprint density at radius 2 is 2.04 bits per heavy atom. The maximum atomic E-state index is 12.4. The predicted octanol–water partition coefficient (Wildman–Crippen LogP) is 2.92. The number of rotatable bonds is 7. The summed E-state index contributed by atoms with van der Waals surface area (Å²) >= 11 is 1.56. The van der Waals surface area contributed by atoms with Gasteiger partial charge >= 0.3 is 0 Å². The first-order valence-electron chi connectivity index (χ1n) is 10.3. The van der Waals surface area contributed by atoms with Gasteiger partial charge in [0.1, 0.15) is 11.1 Å². The summed E-state index contributed by atoms with van der Waals surface area (Å²) in [5.74, 6) is 0.693. The second-order valence-electron chi connectivity index (χ2n) is 8.23. The van der Waals surface area contributed by atoms with E-state index in [1.54, 1.807) is 11.3 Å². The van der Waals surface area contributed by atoms with Gasteiger partial charge in [0.15, 0.2) is 0 Å². The van der Waals surface area contributed by atoms with Crippen LogP contribution in [-0.2, 0) is 22.4 Å². The molecule has 1 aromatic heterocycles. The molecular weight excluding hydrogens is 372 g/mol. The van der Waals surface area contributed by atoms with Gasteiger partial charge < -0.3 is 15.5 Å². The van der Waals surface area contributed by atoms with Crippen LogP contribution in [0.4, 0.5) is 5.00 Å². The van der Waals surface area contributed by atoms with E-state index in [1.165, 1.54) is 4.88 Å². The predicted molar refractivity (Wildman–Crippen MR) is 111 cm³/mol. The third kappa shape index (κ3) is 5.12. The molecule has 1 aliphatic carbocycles. The van der Waals surface area contributed by atoms with Crippen molar-refractivity contribution in [3.8, 4) is 6.07 Å². The monoisotopic (exact) mass is 402 g/mol. The average molecular weight is 403 g/mol. The number of carbonyl (C=O) groups is 2. The number of amides is 2. The molecule has 0 spiro atoms. The highest BCUT2D eigenvalue weighted by molar-refractivity contribution is 7.16. The third-order valence-corrected chi connectivity index (χ3v) is 6.79. The molecule has 2 heterocycles. The molecule has 1 fully saturated rings. The van der Waals surface area contributed by atoms with Gasteiger partial charge in [0.25, 0.3) is 0 Å². The molecule has 0 unspecified atom stereocenters. The van der Waals surface area contributed by atoms with Crippen LogP contribution in [0.3, 0.4) is 0 Å². The maximum absolute atomic E-state index is 12.4. The minimum absolute atomic E-state index is 0.0341. The van der Waals surface area contributed by atoms with Gasteiger partial charge in [-0.25, -0.2) is 0 Å². The Balaban J connectivity index is 1.41. The number of carbonyl (C=O) groups excluding carboxylic acids is 2. The molecule has 1 aromatic rings. The number of hydrogen-bond acceptors (Lipinski definition) is 5. The molecule has 0 saturated carbocycles. The lowest BCUT2D eigenvalue weighted by Crippen LogP contribution is -2.42. The van der Waals surface area contributed by atoms with Crippen molar-refractivity contribution in [3.63, 3.8) is 0 Å².